The van der Waals surface area contributed by atoms with E-state index in [0.29, 0.717) is 27.6 Å². The van der Waals surface area contributed by atoms with Crippen LogP contribution in [0, 0.1) is 6.92 Å². The van der Waals surface area contributed by atoms with Gasteiger partial charge in [-0.05, 0) is 55.3 Å². The first-order valence-electron chi connectivity index (χ1n) is 9.87. The summed E-state index contributed by atoms with van der Waals surface area (Å²) in [6, 6.07) is 22.2. The average molecular weight is 429 g/mol. The first kappa shape index (κ1) is 20.6. The number of benzene rings is 3. The molecule has 3 aromatic carbocycles. The molecule has 0 radical (unpaired) electrons. The Bertz CT molecular complexity index is 1230. The van der Waals surface area contributed by atoms with Crippen LogP contribution in [0.4, 0.5) is 5.69 Å². The highest BCUT2D eigenvalue weighted by Gasteiger charge is 2.31. The number of hydrazone groups is 1. The zero-order chi connectivity index (χ0) is 22.0. The molecule has 154 valence electrons. The largest absolute Gasteiger partial charge is 0.507 e. The van der Waals surface area contributed by atoms with Gasteiger partial charge in [-0.25, -0.2) is 0 Å². The highest BCUT2D eigenvalue weighted by molar-refractivity contribution is 6.34. The molecule has 0 unspecified atom stereocenters. The summed E-state index contributed by atoms with van der Waals surface area (Å²) in [6.07, 6.45) is 3.59. The second kappa shape index (κ2) is 8.62. The number of allylic oxidation sites excluding steroid dienone is 2. The molecule has 1 aliphatic heterocycles. The van der Waals surface area contributed by atoms with Gasteiger partial charge in [-0.15, -0.1) is 0 Å². The third-order valence-corrected chi connectivity index (χ3v) is 5.30. The van der Waals surface area contributed by atoms with Crippen LogP contribution in [-0.4, -0.2) is 16.7 Å². The number of halogens is 1. The molecule has 1 N–H and O–H groups in total. The Balaban J connectivity index is 1.84. The molecule has 0 fully saturated rings. The van der Waals surface area contributed by atoms with E-state index in [2.05, 4.69) is 5.10 Å². The van der Waals surface area contributed by atoms with Crippen molar-refractivity contribution in [3.05, 3.63) is 106 Å². The summed E-state index contributed by atoms with van der Waals surface area (Å²) in [5, 5.41) is 16.6. The number of anilines is 1. The van der Waals surface area contributed by atoms with Gasteiger partial charge in [0.1, 0.15) is 5.75 Å². The number of hydrogen-bond donors (Lipinski definition) is 1. The first-order chi connectivity index (χ1) is 14.9. The molecular formula is C26H21ClN2O2. The molecule has 0 saturated carbocycles. The number of rotatable bonds is 4. The van der Waals surface area contributed by atoms with Crippen LogP contribution in [0.15, 0.2) is 89.5 Å². The van der Waals surface area contributed by atoms with Crippen molar-refractivity contribution in [3.63, 3.8) is 0 Å². The number of aromatic hydroxyl groups is 1. The van der Waals surface area contributed by atoms with Gasteiger partial charge in [0, 0.05) is 10.6 Å². The van der Waals surface area contributed by atoms with Gasteiger partial charge in [-0.1, -0.05) is 71.8 Å². The molecular weight excluding hydrogens is 408 g/mol. The zero-order valence-corrected chi connectivity index (χ0v) is 18.0. The van der Waals surface area contributed by atoms with E-state index >= 15 is 0 Å². The molecule has 0 spiro atoms. The van der Waals surface area contributed by atoms with Crippen LogP contribution in [0.3, 0.4) is 0 Å². The molecule has 1 aliphatic rings. The third-order valence-electron chi connectivity index (χ3n) is 5.07. The topological polar surface area (TPSA) is 52.9 Å². The molecule has 4 rings (SSSR count). The van der Waals surface area contributed by atoms with E-state index in [4.69, 9.17) is 11.6 Å². The molecule has 0 aromatic heterocycles. The lowest BCUT2D eigenvalue weighted by Gasteiger charge is -2.13. The van der Waals surface area contributed by atoms with Gasteiger partial charge in [0.05, 0.1) is 17.0 Å². The van der Waals surface area contributed by atoms with Gasteiger partial charge in [0.25, 0.3) is 5.91 Å². The minimum absolute atomic E-state index is 0.114. The number of phenolic OH excluding ortho intramolecular Hbond substituents is 1. The Morgan fingerprint density at radius 3 is 2.42 bits per heavy atom. The summed E-state index contributed by atoms with van der Waals surface area (Å²) in [5.41, 5.74) is 5.16. The van der Waals surface area contributed by atoms with E-state index in [0.717, 1.165) is 16.7 Å². The molecule has 5 heteroatoms. The summed E-state index contributed by atoms with van der Waals surface area (Å²) in [5.74, 6) is -0.0813. The molecule has 0 aliphatic carbocycles. The molecule has 0 atom stereocenters. The van der Waals surface area contributed by atoms with Crippen molar-refractivity contribution < 1.29 is 9.90 Å². The summed E-state index contributed by atoms with van der Waals surface area (Å²) >= 11 is 6.09. The number of hydrogen-bond acceptors (Lipinski definition) is 3. The highest BCUT2D eigenvalue weighted by atomic mass is 35.5. The van der Waals surface area contributed by atoms with Crippen LogP contribution in [0.5, 0.6) is 5.75 Å². The monoisotopic (exact) mass is 428 g/mol. The van der Waals surface area contributed by atoms with Gasteiger partial charge in [0.2, 0.25) is 0 Å². The molecule has 4 nitrogen and oxygen atoms in total. The minimum atomic E-state index is -0.195. The highest BCUT2D eigenvalue weighted by Crippen LogP contribution is 2.31. The van der Waals surface area contributed by atoms with E-state index in [9.17, 15) is 9.90 Å². The Morgan fingerprint density at radius 2 is 1.71 bits per heavy atom. The minimum Gasteiger partial charge on any atom is -0.507 e. The van der Waals surface area contributed by atoms with E-state index < -0.39 is 0 Å². The smallest absolute Gasteiger partial charge is 0.281 e. The predicted molar refractivity (Wildman–Crippen MR) is 127 cm³/mol. The Labute approximate surface area is 186 Å². The van der Waals surface area contributed by atoms with E-state index in [1.165, 1.54) is 5.01 Å². The quantitative estimate of drug-likeness (QED) is 0.500. The molecule has 0 saturated heterocycles. The van der Waals surface area contributed by atoms with E-state index in [1.807, 2.05) is 74.5 Å². The fourth-order valence-corrected chi connectivity index (χ4v) is 3.63. The predicted octanol–water partition coefficient (Wildman–Crippen LogP) is 6.24. The second-order valence-corrected chi connectivity index (χ2v) is 7.77. The van der Waals surface area contributed by atoms with Gasteiger partial charge >= 0.3 is 0 Å². The van der Waals surface area contributed by atoms with Gasteiger partial charge in [0.15, 0.2) is 0 Å². The summed E-state index contributed by atoms with van der Waals surface area (Å²) in [7, 11) is 0. The molecule has 1 heterocycles. The summed E-state index contributed by atoms with van der Waals surface area (Å²) in [6.45, 7) is 3.84. The van der Waals surface area contributed by atoms with Crippen LogP contribution >= 0.6 is 11.6 Å². The Hall–Kier alpha value is -3.63. The lowest BCUT2D eigenvalue weighted by Crippen LogP contribution is -2.21. The van der Waals surface area contributed by atoms with Gasteiger partial charge in [-0.2, -0.15) is 10.1 Å². The standard InChI is InChI=1S/C26H21ClN2O2/c1-17-8-10-19(11-9-17)23(14-12-20-16-21(27)13-15-24(20)30)25-18(2)28-29(26(25)31)22-6-4-3-5-7-22/h3-16,30H,1-2H3/b14-12+,25-23+. The van der Waals surface area contributed by atoms with Crippen molar-refractivity contribution in [2.45, 2.75) is 13.8 Å². The Morgan fingerprint density at radius 1 is 1.00 bits per heavy atom. The first-order valence-corrected chi connectivity index (χ1v) is 10.2. The van der Waals surface area contributed by atoms with E-state index in [1.54, 1.807) is 24.3 Å². The molecule has 1 amide bonds. The fraction of sp³-hybridized carbons (Fsp3) is 0.0769. The van der Waals surface area contributed by atoms with Crippen LogP contribution in [0.2, 0.25) is 5.02 Å². The lowest BCUT2D eigenvalue weighted by molar-refractivity contribution is -0.114. The van der Waals surface area contributed by atoms with Crippen molar-refractivity contribution in [1.29, 1.82) is 0 Å². The van der Waals surface area contributed by atoms with Gasteiger partial charge in [-0.3, -0.25) is 4.79 Å². The fourth-order valence-electron chi connectivity index (χ4n) is 3.45. The average Bonchev–Trinajstić information content (AvgIpc) is 3.07. The number of para-hydroxylation sites is 1. The lowest BCUT2D eigenvalue weighted by atomic mass is 9.95. The molecule has 31 heavy (non-hydrogen) atoms. The maximum atomic E-state index is 13.4. The number of carbonyl (C=O) groups is 1. The number of amides is 1. The maximum Gasteiger partial charge on any atom is 0.281 e. The number of carbonyl (C=O) groups excluding carboxylic acids is 1. The van der Waals surface area contributed by atoms with Crippen molar-refractivity contribution in [2.24, 2.45) is 5.10 Å². The van der Waals surface area contributed by atoms with Crippen molar-refractivity contribution in [1.82, 2.24) is 0 Å². The normalized spacial score (nSPS) is 15.5. The number of phenols is 1. The third kappa shape index (κ3) is 4.30. The second-order valence-electron chi connectivity index (χ2n) is 7.33. The van der Waals surface area contributed by atoms with Crippen LogP contribution < -0.4 is 5.01 Å². The SMILES string of the molecule is CC1=NN(c2ccccc2)C(=O)/C1=C(\C=C\c1cc(Cl)ccc1O)c1ccc(C)cc1. The Kier molecular flexibility index (Phi) is 5.74. The van der Waals surface area contributed by atoms with Crippen molar-refractivity contribution >= 4 is 40.6 Å². The summed E-state index contributed by atoms with van der Waals surface area (Å²) in [4.78, 5) is 13.4. The summed E-state index contributed by atoms with van der Waals surface area (Å²) < 4.78 is 0. The molecule has 3 aromatic rings. The van der Waals surface area contributed by atoms with Crippen LogP contribution in [0.25, 0.3) is 11.6 Å². The van der Waals surface area contributed by atoms with E-state index in [-0.39, 0.29) is 11.7 Å². The molecule has 0 bridgehead atoms. The van der Waals surface area contributed by atoms with Crippen molar-refractivity contribution in [2.75, 3.05) is 5.01 Å². The van der Waals surface area contributed by atoms with Crippen LogP contribution in [0.1, 0.15) is 23.6 Å². The zero-order valence-electron chi connectivity index (χ0n) is 17.2. The van der Waals surface area contributed by atoms with Crippen LogP contribution in [-0.2, 0) is 4.79 Å². The number of nitrogens with zero attached hydrogens (tertiary/aromatic N) is 2. The number of aryl methyl sites for hydroxylation is 1. The maximum absolute atomic E-state index is 13.4. The van der Waals surface area contributed by atoms with Gasteiger partial charge < -0.3 is 5.11 Å². The van der Waals surface area contributed by atoms with Crippen molar-refractivity contribution in [3.8, 4) is 5.75 Å².